The van der Waals surface area contributed by atoms with Gasteiger partial charge in [-0.05, 0) is 25.0 Å². The number of carbonyl (C=O) groups excluding carboxylic acids is 1. The number of allylic oxidation sites excluding steroid dienone is 3. The van der Waals surface area contributed by atoms with Gasteiger partial charge in [-0.15, -0.1) is 0 Å². The van der Waals surface area contributed by atoms with Crippen molar-refractivity contribution in [3.8, 4) is 6.07 Å². The molecule has 2 rings (SSSR count). The topological polar surface area (TPSA) is 56.1 Å². The Hall–Kier alpha value is -2.02. The average Bonchev–Trinajstić information content (AvgIpc) is 2.43. The first-order chi connectivity index (χ1) is 9.22. The van der Waals surface area contributed by atoms with Crippen molar-refractivity contribution >= 4 is 5.91 Å². The van der Waals surface area contributed by atoms with E-state index in [2.05, 4.69) is 5.32 Å². The summed E-state index contributed by atoms with van der Waals surface area (Å²) in [5.41, 5.74) is 0.840. The Morgan fingerprint density at radius 3 is 2.74 bits per heavy atom. The van der Waals surface area contributed by atoms with Crippen molar-refractivity contribution in [2.24, 2.45) is 0 Å². The van der Waals surface area contributed by atoms with Crippen LogP contribution in [-0.4, -0.2) is 23.9 Å². The lowest BCUT2D eigenvalue weighted by molar-refractivity contribution is -0.118. The molecule has 0 unspecified atom stereocenters. The van der Waals surface area contributed by atoms with E-state index >= 15 is 0 Å². The lowest BCUT2D eigenvalue weighted by atomic mass is 9.95. The second kappa shape index (κ2) is 6.24. The predicted molar refractivity (Wildman–Crippen MR) is 73.7 cm³/mol. The number of amides is 1. The normalized spacial score (nSPS) is 22.0. The summed E-state index contributed by atoms with van der Waals surface area (Å²) in [6.07, 6.45) is 12.9. The molecule has 1 aliphatic heterocycles. The molecule has 0 bridgehead atoms. The summed E-state index contributed by atoms with van der Waals surface area (Å²) >= 11 is 0. The van der Waals surface area contributed by atoms with Gasteiger partial charge in [-0.25, -0.2) is 0 Å². The molecule has 0 saturated heterocycles. The number of rotatable bonds is 2. The lowest BCUT2D eigenvalue weighted by Gasteiger charge is -2.24. The van der Waals surface area contributed by atoms with E-state index < -0.39 is 0 Å². The van der Waals surface area contributed by atoms with Gasteiger partial charge in [0.2, 0.25) is 0 Å². The molecule has 0 spiro atoms. The molecule has 0 atom stereocenters. The predicted octanol–water partition coefficient (Wildman–Crippen LogP) is 2.23. The molecule has 0 aromatic rings. The van der Waals surface area contributed by atoms with Gasteiger partial charge in [0.1, 0.15) is 11.6 Å². The van der Waals surface area contributed by atoms with Crippen molar-refractivity contribution in [3.63, 3.8) is 0 Å². The third-order valence-corrected chi connectivity index (χ3v) is 3.59. The molecular weight excluding hydrogens is 238 g/mol. The smallest absolute Gasteiger partial charge is 0.264 e. The Bertz CT molecular complexity index is 476. The highest BCUT2D eigenvalue weighted by Crippen LogP contribution is 2.19. The maximum atomic E-state index is 12.2. The van der Waals surface area contributed by atoms with Crippen molar-refractivity contribution in [2.45, 2.75) is 38.1 Å². The number of likely N-dealkylation sites (N-methyl/N-ethyl adjacent to an activating group) is 1. The molecule has 100 valence electrons. The van der Waals surface area contributed by atoms with Gasteiger partial charge >= 0.3 is 0 Å². The van der Waals surface area contributed by atoms with Crippen molar-refractivity contribution < 1.29 is 4.79 Å². The second-order valence-corrected chi connectivity index (χ2v) is 4.99. The Morgan fingerprint density at radius 1 is 1.37 bits per heavy atom. The van der Waals surface area contributed by atoms with Gasteiger partial charge < -0.3 is 10.2 Å². The molecule has 1 aliphatic carbocycles. The monoisotopic (exact) mass is 257 g/mol. The SMILES string of the molecule is CN1C=CC=C/C1=C(\C#N)C(=O)NC1CCCCC1. The van der Waals surface area contributed by atoms with Crippen LogP contribution in [0, 0.1) is 11.3 Å². The Balaban J connectivity index is 2.11. The maximum absolute atomic E-state index is 12.2. The molecule has 1 N–H and O–H groups in total. The number of carbonyl (C=O) groups is 1. The Labute approximate surface area is 114 Å². The van der Waals surface area contributed by atoms with E-state index in [4.69, 9.17) is 0 Å². The number of nitrogens with one attached hydrogen (secondary N) is 1. The minimum absolute atomic E-state index is 0.189. The van der Waals surface area contributed by atoms with E-state index in [1.807, 2.05) is 31.5 Å². The fourth-order valence-electron chi connectivity index (χ4n) is 2.51. The minimum atomic E-state index is -0.254. The van der Waals surface area contributed by atoms with Crippen molar-refractivity contribution in [1.29, 1.82) is 5.26 Å². The average molecular weight is 257 g/mol. The third-order valence-electron chi connectivity index (χ3n) is 3.59. The Morgan fingerprint density at radius 2 is 2.11 bits per heavy atom. The van der Waals surface area contributed by atoms with Crippen LogP contribution >= 0.6 is 0 Å². The summed E-state index contributed by atoms with van der Waals surface area (Å²) in [4.78, 5) is 14.0. The van der Waals surface area contributed by atoms with Crippen LogP contribution in [-0.2, 0) is 4.79 Å². The first-order valence-corrected chi connectivity index (χ1v) is 6.75. The lowest BCUT2D eigenvalue weighted by Crippen LogP contribution is -2.37. The van der Waals surface area contributed by atoms with Crippen LogP contribution in [0.25, 0.3) is 0 Å². The van der Waals surface area contributed by atoms with Crippen molar-refractivity contribution in [2.75, 3.05) is 7.05 Å². The van der Waals surface area contributed by atoms with Crippen LogP contribution in [0.4, 0.5) is 0 Å². The number of nitrogens with zero attached hydrogens (tertiary/aromatic N) is 2. The summed E-state index contributed by atoms with van der Waals surface area (Å²) in [6, 6.07) is 2.25. The minimum Gasteiger partial charge on any atom is -0.350 e. The van der Waals surface area contributed by atoms with Crippen LogP contribution in [0.2, 0.25) is 0 Å². The first-order valence-electron chi connectivity index (χ1n) is 6.75. The van der Waals surface area contributed by atoms with Crippen LogP contribution in [0.1, 0.15) is 32.1 Å². The second-order valence-electron chi connectivity index (χ2n) is 4.99. The first kappa shape index (κ1) is 13.4. The van der Waals surface area contributed by atoms with Gasteiger partial charge in [0.25, 0.3) is 5.91 Å². The van der Waals surface area contributed by atoms with E-state index in [-0.39, 0.29) is 17.5 Å². The van der Waals surface area contributed by atoms with E-state index in [0.29, 0.717) is 5.70 Å². The highest BCUT2D eigenvalue weighted by molar-refractivity contribution is 5.98. The fourth-order valence-corrected chi connectivity index (χ4v) is 2.51. The molecule has 19 heavy (non-hydrogen) atoms. The van der Waals surface area contributed by atoms with Gasteiger partial charge in [0.15, 0.2) is 0 Å². The molecule has 1 fully saturated rings. The molecule has 0 radical (unpaired) electrons. The fraction of sp³-hybridized carbons (Fsp3) is 0.467. The molecule has 1 saturated carbocycles. The van der Waals surface area contributed by atoms with Gasteiger partial charge in [-0.2, -0.15) is 5.26 Å². The molecule has 0 aromatic heterocycles. The third kappa shape index (κ3) is 3.25. The van der Waals surface area contributed by atoms with Crippen LogP contribution in [0.5, 0.6) is 0 Å². The van der Waals surface area contributed by atoms with Crippen molar-refractivity contribution in [1.82, 2.24) is 10.2 Å². The maximum Gasteiger partial charge on any atom is 0.264 e. The van der Waals surface area contributed by atoms with Crippen LogP contribution in [0.15, 0.2) is 35.7 Å². The molecule has 2 aliphatic rings. The molecule has 1 amide bonds. The van der Waals surface area contributed by atoms with Gasteiger partial charge in [-0.3, -0.25) is 4.79 Å². The van der Waals surface area contributed by atoms with Gasteiger partial charge in [0.05, 0.1) is 5.70 Å². The molecule has 4 nitrogen and oxygen atoms in total. The summed E-state index contributed by atoms with van der Waals surface area (Å²) in [5, 5.41) is 12.2. The number of nitriles is 1. The molecule has 4 heteroatoms. The largest absolute Gasteiger partial charge is 0.350 e. The summed E-state index contributed by atoms with van der Waals surface area (Å²) < 4.78 is 0. The zero-order chi connectivity index (χ0) is 13.7. The molecule has 0 aromatic carbocycles. The van der Waals surface area contributed by atoms with E-state index in [9.17, 15) is 10.1 Å². The van der Waals surface area contributed by atoms with E-state index in [1.54, 1.807) is 11.0 Å². The van der Waals surface area contributed by atoms with Gasteiger partial charge in [0, 0.05) is 19.3 Å². The molecular formula is C15H19N3O. The molecule has 1 heterocycles. The quantitative estimate of drug-likeness (QED) is 0.609. The van der Waals surface area contributed by atoms with Crippen molar-refractivity contribution in [3.05, 3.63) is 35.7 Å². The Kier molecular flexibility index (Phi) is 4.40. The zero-order valence-corrected chi connectivity index (χ0v) is 11.2. The summed E-state index contributed by atoms with van der Waals surface area (Å²) in [7, 11) is 1.83. The highest BCUT2D eigenvalue weighted by atomic mass is 16.1. The highest BCUT2D eigenvalue weighted by Gasteiger charge is 2.21. The van der Waals surface area contributed by atoms with Gasteiger partial charge in [-0.1, -0.05) is 25.3 Å². The zero-order valence-electron chi connectivity index (χ0n) is 11.2. The van der Waals surface area contributed by atoms with E-state index in [1.165, 1.54) is 6.42 Å². The number of hydrogen-bond donors (Lipinski definition) is 1. The number of hydrogen-bond acceptors (Lipinski definition) is 3. The standard InChI is InChI=1S/C15H19N3O/c1-18-10-6-5-9-14(18)13(11-16)15(19)17-12-7-3-2-4-8-12/h5-6,9-10,12H,2-4,7-8H2,1H3,(H,17,19)/b14-13-. The summed E-state index contributed by atoms with van der Waals surface area (Å²) in [5.74, 6) is -0.254. The summed E-state index contributed by atoms with van der Waals surface area (Å²) in [6.45, 7) is 0. The van der Waals surface area contributed by atoms with Crippen LogP contribution in [0.3, 0.4) is 0 Å². The van der Waals surface area contributed by atoms with Crippen LogP contribution < -0.4 is 5.32 Å². The van der Waals surface area contributed by atoms with E-state index in [0.717, 1.165) is 25.7 Å².